The Bertz CT molecular complexity index is 330. The highest BCUT2D eigenvalue weighted by molar-refractivity contribution is 9.15. The van der Waals surface area contributed by atoms with Gasteiger partial charge in [-0.25, -0.2) is 4.79 Å². The first-order valence-electron chi connectivity index (χ1n) is 4.33. The molecule has 0 heterocycles. The predicted octanol–water partition coefficient (Wildman–Crippen LogP) is 2.99. The van der Waals surface area contributed by atoms with Crippen molar-refractivity contribution >= 4 is 26.4 Å². The largest absolute Gasteiger partial charge is 0.463 e. The average Bonchev–Trinajstić information content (AvgIpc) is 2.19. The minimum atomic E-state index is -0.330. The lowest BCUT2D eigenvalue weighted by molar-refractivity contribution is -0.137. The van der Waals surface area contributed by atoms with Crippen LogP contribution in [0.15, 0.2) is 36.4 Å². The van der Waals surface area contributed by atoms with Gasteiger partial charge >= 0.3 is 5.97 Å². The third-order valence-corrected chi connectivity index (χ3v) is 2.27. The van der Waals surface area contributed by atoms with E-state index < -0.39 is 0 Å². The van der Waals surface area contributed by atoms with Crippen molar-refractivity contribution in [1.29, 1.82) is 0 Å². The summed E-state index contributed by atoms with van der Waals surface area (Å²) in [5.41, 5.74) is 0.959. The number of ether oxygens (including phenoxy) is 1. The summed E-state index contributed by atoms with van der Waals surface area (Å²) in [4.78, 5) is 11.1. The molecule has 1 aromatic rings. The van der Waals surface area contributed by atoms with Crippen LogP contribution in [-0.2, 0) is 9.53 Å². The Morgan fingerprint density at radius 1 is 1.43 bits per heavy atom. The van der Waals surface area contributed by atoms with Crippen molar-refractivity contribution in [1.82, 2.24) is 0 Å². The lowest BCUT2D eigenvalue weighted by Crippen LogP contribution is -1.99. The van der Waals surface area contributed by atoms with Gasteiger partial charge in [-0.05, 0) is 28.4 Å². The summed E-state index contributed by atoms with van der Waals surface area (Å²) in [6, 6.07) is 9.58. The van der Waals surface area contributed by atoms with Gasteiger partial charge in [-0.2, -0.15) is 0 Å². The lowest BCUT2D eigenvalue weighted by Gasteiger charge is -1.99. The summed E-state index contributed by atoms with van der Waals surface area (Å²) in [5, 5.41) is 0. The third kappa shape index (κ3) is 3.34. The quantitative estimate of drug-likeness (QED) is 0.613. The SMILES string of the molecule is CCOC(=O)/C=C(/Br)c1ccccc1. The maximum absolute atomic E-state index is 11.1. The summed E-state index contributed by atoms with van der Waals surface area (Å²) in [5.74, 6) is -0.330. The Morgan fingerprint density at radius 3 is 2.64 bits per heavy atom. The van der Waals surface area contributed by atoms with Gasteiger partial charge in [-0.1, -0.05) is 30.3 Å². The van der Waals surface area contributed by atoms with Crippen LogP contribution >= 0.6 is 15.9 Å². The first-order valence-corrected chi connectivity index (χ1v) is 5.12. The van der Waals surface area contributed by atoms with Crippen LogP contribution in [0.1, 0.15) is 12.5 Å². The van der Waals surface area contributed by atoms with Gasteiger partial charge < -0.3 is 4.74 Å². The minimum Gasteiger partial charge on any atom is -0.463 e. The first kappa shape index (κ1) is 11.0. The average molecular weight is 255 g/mol. The van der Waals surface area contributed by atoms with Crippen molar-refractivity contribution in [2.75, 3.05) is 6.61 Å². The van der Waals surface area contributed by atoms with Crippen LogP contribution < -0.4 is 0 Å². The fourth-order valence-electron chi connectivity index (χ4n) is 0.968. The van der Waals surface area contributed by atoms with Gasteiger partial charge in [0.05, 0.1) is 6.61 Å². The molecule has 3 heteroatoms. The van der Waals surface area contributed by atoms with Crippen LogP contribution in [0, 0.1) is 0 Å². The maximum Gasteiger partial charge on any atom is 0.331 e. The molecule has 0 saturated carbocycles. The van der Waals surface area contributed by atoms with Crippen molar-refractivity contribution in [2.24, 2.45) is 0 Å². The second-order valence-electron chi connectivity index (χ2n) is 2.61. The molecule has 0 aromatic heterocycles. The molecule has 0 bridgehead atoms. The summed E-state index contributed by atoms with van der Waals surface area (Å²) < 4.78 is 5.52. The Kier molecular flexibility index (Phi) is 4.40. The van der Waals surface area contributed by atoms with Crippen molar-refractivity contribution in [2.45, 2.75) is 6.92 Å². The number of rotatable bonds is 3. The third-order valence-electron chi connectivity index (χ3n) is 1.58. The molecule has 74 valence electrons. The van der Waals surface area contributed by atoms with E-state index >= 15 is 0 Å². The van der Waals surface area contributed by atoms with Gasteiger partial charge in [0.15, 0.2) is 0 Å². The Morgan fingerprint density at radius 2 is 2.07 bits per heavy atom. The van der Waals surface area contributed by atoms with Crippen LogP contribution in [0.25, 0.3) is 4.48 Å². The maximum atomic E-state index is 11.1. The summed E-state index contributed by atoms with van der Waals surface area (Å²) in [7, 11) is 0. The molecule has 14 heavy (non-hydrogen) atoms. The molecule has 1 rings (SSSR count). The smallest absolute Gasteiger partial charge is 0.331 e. The van der Waals surface area contributed by atoms with Gasteiger partial charge in [0.25, 0.3) is 0 Å². The van der Waals surface area contributed by atoms with E-state index in [4.69, 9.17) is 4.74 Å². The molecule has 0 amide bonds. The molecule has 0 saturated heterocycles. The standard InChI is InChI=1S/C11H11BrO2/c1-2-14-11(13)8-10(12)9-6-4-3-5-7-9/h3-8H,2H2,1H3/b10-8+. The second kappa shape index (κ2) is 5.60. The lowest BCUT2D eigenvalue weighted by atomic mass is 10.2. The van der Waals surface area contributed by atoms with Crippen LogP contribution in [0.3, 0.4) is 0 Å². The zero-order valence-corrected chi connectivity index (χ0v) is 9.45. The van der Waals surface area contributed by atoms with E-state index in [0.717, 1.165) is 10.0 Å². The van der Waals surface area contributed by atoms with Gasteiger partial charge in [0, 0.05) is 10.6 Å². The Hall–Kier alpha value is -1.09. The number of hydrogen-bond acceptors (Lipinski definition) is 2. The molecule has 0 radical (unpaired) electrons. The summed E-state index contributed by atoms with van der Waals surface area (Å²) in [6.07, 6.45) is 1.43. The number of benzene rings is 1. The monoisotopic (exact) mass is 254 g/mol. The topological polar surface area (TPSA) is 26.3 Å². The highest BCUT2D eigenvalue weighted by Crippen LogP contribution is 2.20. The Balaban J connectivity index is 2.75. The highest BCUT2D eigenvalue weighted by atomic mass is 79.9. The van der Waals surface area contributed by atoms with Gasteiger partial charge in [0.2, 0.25) is 0 Å². The van der Waals surface area contributed by atoms with E-state index in [1.165, 1.54) is 6.08 Å². The van der Waals surface area contributed by atoms with E-state index in [-0.39, 0.29) is 5.97 Å². The van der Waals surface area contributed by atoms with Crippen LogP contribution in [0.5, 0.6) is 0 Å². The van der Waals surface area contributed by atoms with E-state index in [9.17, 15) is 4.79 Å². The van der Waals surface area contributed by atoms with E-state index in [0.29, 0.717) is 6.61 Å². The molecule has 1 aromatic carbocycles. The number of esters is 1. The van der Waals surface area contributed by atoms with Crippen molar-refractivity contribution < 1.29 is 9.53 Å². The van der Waals surface area contributed by atoms with Crippen LogP contribution in [-0.4, -0.2) is 12.6 Å². The molecular weight excluding hydrogens is 244 g/mol. The molecule has 0 spiro atoms. The van der Waals surface area contributed by atoms with Crippen LogP contribution in [0.4, 0.5) is 0 Å². The van der Waals surface area contributed by atoms with Crippen molar-refractivity contribution in [3.63, 3.8) is 0 Å². The number of carbonyl (C=O) groups excluding carboxylic acids is 1. The molecule has 0 fully saturated rings. The number of halogens is 1. The van der Waals surface area contributed by atoms with Gasteiger partial charge in [-0.3, -0.25) is 0 Å². The summed E-state index contributed by atoms with van der Waals surface area (Å²) >= 11 is 3.32. The fraction of sp³-hybridized carbons (Fsp3) is 0.182. The van der Waals surface area contributed by atoms with Crippen LogP contribution in [0.2, 0.25) is 0 Å². The fourth-order valence-corrected chi connectivity index (χ4v) is 1.42. The molecule has 0 aliphatic heterocycles. The molecule has 0 N–H and O–H groups in total. The van der Waals surface area contributed by atoms with Gasteiger partial charge in [-0.15, -0.1) is 0 Å². The molecule has 0 aliphatic carbocycles. The molecular formula is C11H11BrO2. The van der Waals surface area contributed by atoms with Crippen molar-refractivity contribution in [3.8, 4) is 0 Å². The predicted molar refractivity (Wildman–Crippen MR) is 60.0 cm³/mol. The first-order chi connectivity index (χ1) is 6.74. The summed E-state index contributed by atoms with van der Waals surface area (Å²) in [6.45, 7) is 2.17. The number of hydrogen-bond donors (Lipinski definition) is 0. The normalized spacial score (nSPS) is 11.1. The van der Waals surface area contributed by atoms with Crippen molar-refractivity contribution in [3.05, 3.63) is 42.0 Å². The second-order valence-corrected chi connectivity index (χ2v) is 3.46. The molecule has 0 aliphatic rings. The minimum absolute atomic E-state index is 0.330. The van der Waals surface area contributed by atoms with E-state index in [1.54, 1.807) is 6.92 Å². The molecule has 2 nitrogen and oxygen atoms in total. The van der Waals surface area contributed by atoms with Gasteiger partial charge in [0.1, 0.15) is 0 Å². The number of carbonyl (C=O) groups is 1. The van der Waals surface area contributed by atoms with E-state index in [2.05, 4.69) is 15.9 Å². The van der Waals surface area contributed by atoms with E-state index in [1.807, 2.05) is 30.3 Å². The zero-order chi connectivity index (χ0) is 10.4. The zero-order valence-electron chi connectivity index (χ0n) is 7.87. The highest BCUT2D eigenvalue weighted by Gasteiger charge is 2.00. The Labute approximate surface area is 91.7 Å². The molecule has 0 unspecified atom stereocenters. The molecule has 0 atom stereocenters.